The molecule has 4 N–H and O–H groups in total. The highest BCUT2D eigenvalue weighted by Gasteiger charge is 2.10. The molecule has 0 fully saturated rings. The van der Waals surface area contributed by atoms with Gasteiger partial charge in [-0.1, -0.05) is 12.1 Å². The maximum atomic E-state index is 12.5. The molecule has 1 heterocycles. The summed E-state index contributed by atoms with van der Waals surface area (Å²) in [5.41, 5.74) is 7.34. The summed E-state index contributed by atoms with van der Waals surface area (Å²) in [4.78, 5) is 27.6. The molecule has 0 aliphatic heterocycles. The van der Waals surface area contributed by atoms with E-state index in [2.05, 4.69) is 10.3 Å². The van der Waals surface area contributed by atoms with Crippen molar-refractivity contribution in [3.8, 4) is 11.6 Å². The summed E-state index contributed by atoms with van der Waals surface area (Å²) in [5.74, 6) is -0.617. The number of anilines is 1. The van der Waals surface area contributed by atoms with E-state index in [1.807, 2.05) is 0 Å². The summed E-state index contributed by atoms with van der Waals surface area (Å²) in [6.45, 7) is 0.372. The molecular formula is C20H17N3O4. The number of nitrogens with two attached hydrogens (primary N) is 1. The van der Waals surface area contributed by atoms with Crippen molar-refractivity contribution in [2.75, 3.05) is 5.32 Å². The Hall–Kier alpha value is -3.71. The molecule has 7 heteroatoms. The quantitative estimate of drug-likeness (QED) is 0.619. The zero-order chi connectivity index (χ0) is 19.2. The van der Waals surface area contributed by atoms with Gasteiger partial charge in [0.05, 0.1) is 5.56 Å². The molecule has 3 rings (SSSR count). The van der Waals surface area contributed by atoms with Crippen molar-refractivity contribution in [1.82, 2.24) is 4.98 Å². The van der Waals surface area contributed by atoms with Crippen LogP contribution in [0.25, 0.3) is 0 Å². The molecule has 0 bridgehead atoms. The van der Waals surface area contributed by atoms with Crippen molar-refractivity contribution >= 4 is 17.6 Å². The van der Waals surface area contributed by atoms with Crippen LogP contribution in [0.5, 0.6) is 11.6 Å². The van der Waals surface area contributed by atoms with Gasteiger partial charge in [0.2, 0.25) is 5.88 Å². The van der Waals surface area contributed by atoms with Gasteiger partial charge in [-0.15, -0.1) is 0 Å². The molecule has 0 aliphatic carbocycles. The number of nitrogens with one attached hydrogen (secondary N) is 1. The first kappa shape index (κ1) is 18.1. The lowest BCUT2D eigenvalue weighted by atomic mass is 10.1. The maximum absolute atomic E-state index is 12.5. The molecule has 1 aromatic heterocycles. The summed E-state index contributed by atoms with van der Waals surface area (Å²) in [6, 6.07) is 16.1. The van der Waals surface area contributed by atoms with Gasteiger partial charge in [-0.2, -0.15) is 0 Å². The van der Waals surface area contributed by atoms with Crippen LogP contribution in [0.15, 0.2) is 66.9 Å². The van der Waals surface area contributed by atoms with Gasteiger partial charge in [0.15, 0.2) is 0 Å². The van der Waals surface area contributed by atoms with Crippen LogP contribution in [0, 0.1) is 0 Å². The van der Waals surface area contributed by atoms with E-state index in [1.54, 1.807) is 54.7 Å². The first-order valence-electron chi connectivity index (χ1n) is 8.13. The fourth-order valence-electron chi connectivity index (χ4n) is 2.39. The topological polar surface area (TPSA) is 115 Å². The van der Waals surface area contributed by atoms with Gasteiger partial charge >= 0.3 is 5.97 Å². The summed E-state index contributed by atoms with van der Waals surface area (Å²) in [5, 5.41) is 11.7. The van der Waals surface area contributed by atoms with Crippen LogP contribution < -0.4 is 15.8 Å². The monoisotopic (exact) mass is 363 g/mol. The normalized spacial score (nSPS) is 10.3. The highest BCUT2D eigenvalue weighted by atomic mass is 16.5. The molecule has 0 spiro atoms. The molecule has 0 saturated heterocycles. The Morgan fingerprint density at radius 3 is 2.59 bits per heavy atom. The predicted octanol–water partition coefficient (Wildman–Crippen LogP) is 3.28. The molecular weight excluding hydrogens is 346 g/mol. The number of hydrogen-bond acceptors (Lipinski definition) is 5. The molecule has 3 aromatic rings. The molecule has 7 nitrogen and oxygen atoms in total. The van der Waals surface area contributed by atoms with Crippen molar-refractivity contribution in [2.24, 2.45) is 5.73 Å². The van der Waals surface area contributed by atoms with E-state index in [1.165, 1.54) is 12.1 Å². The maximum Gasteiger partial charge on any atom is 0.335 e. The third-order valence-electron chi connectivity index (χ3n) is 3.72. The summed E-state index contributed by atoms with van der Waals surface area (Å²) in [7, 11) is 0. The molecule has 27 heavy (non-hydrogen) atoms. The lowest BCUT2D eigenvalue weighted by Gasteiger charge is -2.09. The third kappa shape index (κ3) is 4.68. The molecule has 136 valence electrons. The molecule has 1 amide bonds. The van der Waals surface area contributed by atoms with Gasteiger partial charge < -0.3 is 20.9 Å². The molecule has 0 unspecified atom stereocenters. The largest absolute Gasteiger partial charge is 0.478 e. The number of carboxylic acid groups (broad SMARTS) is 1. The standard InChI is InChI=1S/C20H17N3O4/c21-12-13-7-8-22-18(9-13)27-17-6-2-3-14(11-17)19(24)23-16-5-1-4-15(10-16)20(25)26/h1-11H,12,21H2,(H,23,24)(H,25,26). The van der Waals surface area contributed by atoms with Crippen molar-refractivity contribution in [3.05, 3.63) is 83.6 Å². The zero-order valence-electron chi connectivity index (χ0n) is 14.3. The number of carbonyl (C=O) groups excluding carboxylic acids is 1. The number of benzene rings is 2. The fraction of sp³-hybridized carbons (Fsp3) is 0.0500. The summed E-state index contributed by atoms with van der Waals surface area (Å²) in [6.07, 6.45) is 1.60. The smallest absolute Gasteiger partial charge is 0.335 e. The van der Waals surface area contributed by atoms with Crippen LogP contribution in [-0.4, -0.2) is 22.0 Å². The van der Waals surface area contributed by atoms with Crippen molar-refractivity contribution in [2.45, 2.75) is 6.54 Å². The Bertz CT molecular complexity index is 988. The number of pyridine rings is 1. The molecule has 2 aromatic carbocycles. The molecule has 0 aliphatic rings. The minimum Gasteiger partial charge on any atom is -0.478 e. The second-order valence-electron chi connectivity index (χ2n) is 5.68. The number of carbonyl (C=O) groups is 2. The number of ether oxygens (including phenoxy) is 1. The number of amides is 1. The van der Waals surface area contributed by atoms with E-state index < -0.39 is 5.97 Å². The van der Waals surface area contributed by atoms with E-state index in [0.717, 1.165) is 5.56 Å². The number of rotatable bonds is 6. The lowest BCUT2D eigenvalue weighted by molar-refractivity contribution is 0.0696. The zero-order valence-corrected chi connectivity index (χ0v) is 14.3. The average Bonchev–Trinajstić information content (AvgIpc) is 2.68. The van der Waals surface area contributed by atoms with E-state index in [-0.39, 0.29) is 11.5 Å². The van der Waals surface area contributed by atoms with Gasteiger partial charge in [-0.3, -0.25) is 4.79 Å². The van der Waals surface area contributed by atoms with Crippen molar-refractivity contribution < 1.29 is 19.4 Å². The number of aromatic nitrogens is 1. The average molecular weight is 363 g/mol. The Labute approximate surface area is 155 Å². The van der Waals surface area contributed by atoms with Gasteiger partial charge in [0.1, 0.15) is 5.75 Å². The van der Waals surface area contributed by atoms with Crippen molar-refractivity contribution in [3.63, 3.8) is 0 Å². The van der Waals surface area contributed by atoms with Crippen LogP contribution >= 0.6 is 0 Å². The summed E-state index contributed by atoms with van der Waals surface area (Å²) < 4.78 is 5.69. The number of nitrogens with zero attached hydrogens (tertiary/aromatic N) is 1. The third-order valence-corrected chi connectivity index (χ3v) is 3.72. The Morgan fingerprint density at radius 1 is 1.04 bits per heavy atom. The first-order valence-corrected chi connectivity index (χ1v) is 8.13. The fourth-order valence-corrected chi connectivity index (χ4v) is 2.39. The second-order valence-corrected chi connectivity index (χ2v) is 5.68. The van der Waals surface area contributed by atoms with Gasteiger partial charge in [-0.25, -0.2) is 9.78 Å². The number of hydrogen-bond donors (Lipinski definition) is 3. The van der Waals surface area contributed by atoms with Crippen LogP contribution in [0.2, 0.25) is 0 Å². The van der Waals surface area contributed by atoms with E-state index in [0.29, 0.717) is 29.4 Å². The SMILES string of the molecule is NCc1ccnc(Oc2cccc(C(=O)Nc3cccc(C(=O)O)c3)c2)c1. The summed E-state index contributed by atoms with van der Waals surface area (Å²) >= 11 is 0. The van der Waals surface area contributed by atoms with Gasteiger partial charge in [-0.05, 0) is 48.0 Å². The highest BCUT2D eigenvalue weighted by Crippen LogP contribution is 2.22. The lowest BCUT2D eigenvalue weighted by Crippen LogP contribution is -2.12. The number of aromatic carboxylic acids is 1. The first-order chi connectivity index (χ1) is 13.0. The highest BCUT2D eigenvalue weighted by molar-refractivity contribution is 6.05. The number of carboxylic acids is 1. The van der Waals surface area contributed by atoms with Crippen LogP contribution in [0.3, 0.4) is 0 Å². The minimum absolute atomic E-state index is 0.0933. The minimum atomic E-state index is -1.06. The van der Waals surface area contributed by atoms with Crippen molar-refractivity contribution in [1.29, 1.82) is 0 Å². The van der Waals surface area contributed by atoms with Crippen LogP contribution in [0.1, 0.15) is 26.3 Å². The van der Waals surface area contributed by atoms with E-state index >= 15 is 0 Å². The van der Waals surface area contributed by atoms with Crippen LogP contribution in [0.4, 0.5) is 5.69 Å². The molecule has 0 radical (unpaired) electrons. The second kappa shape index (κ2) is 8.11. The Kier molecular flexibility index (Phi) is 5.44. The molecule has 0 saturated carbocycles. The predicted molar refractivity (Wildman–Crippen MR) is 100.0 cm³/mol. The Balaban J connectivity index is 1.75. The molecule has 0 atom stereocenters. The van der Waals surface area contributed by atoms with Gasteiger partial charge in [0, 0.05) is 30.1 Å². The van der Waals surface area contributed by atoms with E-state index in [9.17, 15) is 9.59 Å². The van der Waals surface area contributed by atoms with Gasteiger partial charge in [0.25, 0.3) is 5.91 Å². The Morgan fingerprint density at radius 2 is 1.81 bits per heavy atom. The van der Waals surface area contributed by atoms with Crippen LogP contribution in [-0.2, 0) is 6.54 Å². The van der Waals surface area contributed by atoms with E-state index in [4.69, 9.17) is 15.6 Å².